The maximum Gasteiger partial charge on any atom is 0.343 e. The van der Waals surface area contributed by atoms with Gasteiger partial charge in [-0.1, -0.05) is 11.6 Å². The van der Waals surface area contributed by atoms with Gasteiger partial charge in [0.25, 0.3) is 0 Å². The highest BCUT2D eigenvalue weighted by Gasteiger charge is 2.33. The molecule has 0 saturated carbocycles. The zero-order chi connectivity index (χ0) is 25.6. The minimum Gasteiger partial charge on any atom is -0.462 e. The van der Waals surface area contributed by atoms with Crippen LogP contribution in [0.2, 0.25) is 5.02 Å². The van der Waals surface area contributed by atoms with Gasteiger partial charge in [0.05, 0.1) is 46.2 Å². The predicted molar refractivity (Wildman–Crippen MR) is 131 cm³/mol. The number of carbonyl (C=O) groups is 1. The number of aliphatic hydroxyl groups is 1. The van der Waals surface area contributed by atoms with E-state index in [1.54, 1.807) is 18.9 Å². The summed E-state index contributed by atoms with van der Waals surface area (Å²) >= 11 is 6.76. The highest BCUT2D eigenvalue weighted by atomic mass is 35.5. The van der Waals surface area contributed by atoms with E-state index >= 15 is 4.39 Å². The average molecular weight is 507 g/mol. The summed E-state index contributed by atoms with van der Waals surface area (Å²) in [5.41, 5.74) is 4.97. The van der Waals surface area contributed by atoms with Gasteiger partial charge in [0.1, 0.15) is 11.4 Å². The highest BCUT2D eigenvalue weighted by Crippen LogP contribution is 2.41. The summed E-state index contributed by atoms with van der Waals surface area (Å²) in [6, 6.07) is 2.46. The van der Waals surface area contributed by atoms with E-state index in [0.29, 0.717) is 13.1 Å². The zero-order valence-electron chi connectivity index (χ0n) is 19.4. The lowest BCUT2D eigenvalue weighted by atomic mass is 10.00. The van der Waals surface area contributed by atoms with Crippen LogP contribution >= 0.6 is 11.6 Å². The molecule has 186 valence electrons. The summed E-state index contributed by atoms with van der Waals surface area (Å²) in [5.74, 6) is -2.34. The van der Waals surface area contributed by atoms with Crippen LogP contribution in [-0.4, -0.2) is 48.4 Å². The number of esters is 1. The summed E-state index contributed by atoms with van der Waals surface area (Å²) in [5, 5.41) is 12.8. The number of likely N-dealkylation sites (N-methyl/N-ethyl adjacent to an activating group) is 1. The Balaban J connectivity index is 2.14. The number of hydrogen-bond donors (Lipinski definition) is 3. The normalized spacial score (nSPS) is 13.9. The quantitative estimate of drug-likeness (QED) is 0.348. The van der Waals surface area contributed by atoms with Gasteiger partial charge in [-0.05, 0) is 33.0 Å². The molecule has 11 heteroatoms. The van der Waals surface area contributed by atoms with Crippen molar-refractivity contribution in [2.45, 2.75) is 26.5 Å². The number of nitrogens with two attached hydrogens (primary N) is 1. The molecule has 4 N–H and O–H groups in total. The Labute approximate surface area is 204 Å². The second-order valence-corrected chi connectivity index (χ2v) is 8.72. The number of ether oxygens (including phenoxy) is 1. The smallest absolute Gasteiger partial charge is 0.343 e. The van der Waals surface area contributed by atoms with Crippen LogP contribution in [0.5, 0.6) is 0 Å². The molecule has 1 aromatic heterocycles. The molecular weight excluding hydrogens is 482 g/mol. The largest absolute Gasteiger partial charge is 0.462 e. The number of aliphatic hydroxyl groups excluding tert-OH is 1. The molecule has 8 nitrogen and oxygen atoms in total. The van der Waals surface area contributed by atoms with Crippen LogP contribution in [0.15, 0.2) is 23.1 Å². The number of nitrogens with one attached hydrogen (secondary N) is 1. The van der Waals surface area contributed by atoms with E-state index in [1.807, 2.05) is 0 Å². The predicted octanol–water partition coefficient (Wildman–Crippen LogP) is 2.89. The lowest BCUT2D eigenvalue weighted by Crippen LogP contribution is -2.57. The molecule has 4 rings (SSSR count). The third-order valence-corrected chi connectivity index (χ3v) is 6.62. The van der Waals surface area contributed by atoms with E-state index in [1.165, 1.54) is 23.8 Å². The standard InChI is InChI=1S/C24H25ClF2N4O4/c1-4-35-24(34)14-9-31(17-6-16(28)15(26)5-12(17)10-32)21-18(23(14)33)11(2)20(27)22(19(21)25)30-7-13(8-30)29-3/h5-6,9,13,29,32H,4,7-8,10,28H2,1-3H3. The van der Waals surface area contributed by atoms with Crippen molar-refractivity contribution in [1.29, 1.82) is 0 Å². The molecule has 1 saturated heterocycles. The monoisotopic (exact) mass is 506 g/mol. The maximum atomic E-state index is 15.6. The van der Waals surface area contributed by atoms with Gasteiger partial charge >= 0.3 is 5.97 Å². The summed E-state index contributed by atoms with van der Waals surface area (Å²) < 4.78 is 36.2. The molecular formula is C24H25ClF2N4O4. The minimum atomic E-state index is -0.909. The molecule has 3 aromatic rings. The first-order chi connectivity index (χ1) is 16.6. The van der Waals surface area contributed by atoms with Gasteiger partial charge in [0.2, 0.25) is 5.43 Å². The molecule has 0 amide bonds. The topological polar surface area (TPSA) is 110 Å². The fourth-order valence-corrected chi connectivity index (χ4v) is 4.70. The van der Waals surface area contributed by atoms with E-state index < -0.39 is 29.6 Å². The molecule has 2 heterocycles. The molecule has 0 atom stereocenters. The molecule has 1 aliphatic heterocycles. The summed E-state index contributed by atoms with van der Waals surface area (Å²) in [6.45, 7) is 3.44. The van der Waals surface area contributed by atoms with Crippen molar-refractivity contribution in [2.24, 2.45) is 0 Å². The van der Waals surface area contributed by atoms with Gasteiger partial charge in [-0.3, -0.25) is 4.79 Å². The number of aromatic nitrogens is 1. The Morgan fingerprint density at radius 2 is 2.03 bits per heavy atom. The Morgan fingerprint density at radius 1 is 1.34 bits per heavy atom. The van der Waals surface area contributed by atoms with E-state index in [0.717, 1.165) is 6.07 Å². The van der Waals surface area contributed by atoms with Crippen molar-refractivity contribution in [3.05, 3.63) is 61.9 Å². The third-order valence-electron chi connectivity index (χ3n) is 6.26. The van der Waals surface area contributed by atoms with Crippen LogP contribution in [0, 0.1) is 18.6 Å². The van der Waals surface area contributed by atoms with Crippen LogP contribution in [0.25, 0.3) is 16.6 Å². The van der Waals surface area contributed by atoms with Crippen LogP contribution in [0.4, 0.5) is 20.2 Å². The van der Waals surface area contributed by atoms with E-state index in [-0.39, 0.29) is 62.3 Å². The molecule has 1 fully saturated rings. The fraction of sp³-hybridized carbons (Fsp3) is 0.333. The molecule has 2 aromatic carbocycles. The lowest BCUT2D eigenvalue weighted by molar-refractivity contribution is 0.0524. The third kappa shape index (κ3) is 4.01. The second-order valence-electron chi connectivity index (χ2n) is 8.34. The van der Waals surface area contributed by atoms with Crippen LogP contribution in [0.1, 0.15) is 28.4 Å². The van der Waals surface area contributed by atoms with E-state index in [2.05, 4.69) is 5.32 Å². The molecule has 0 bridgehead atoms. The van der Waals surface area contributed by atoms with Gasteiger partial charge in [0.15, 0.2) is 5.82 Å². The molecule has 0 spiro atoms. The number of carbonyl (C=O) groups excluding carboxylic acids is 1. The first kappa shape index (κ1) is 24.9. The molecule has 0 aliphatic carbocycles. The first-order valence-electron chi connectivity index (χ1n) is 11.0. The SMILES string of the molecule is CCOC(=O)c1cn(-c2cc(N)c(F)cc2CO)c2c(Cl)c(N3CC(NC)C3)c(F)c(C)c2c1=O. The number of fused-ring (bicyclic) bond motifs is 1. The van der Waals surface area contributed by atoms with E-state index in [4.69, 9.17) is 22.1 Å². The number of halogens is 3. The Bertz CT molecular complexity index is 1400. The Hall–Kier alpha value is -3.21. The number of anilines is 2. The highest BCUT2D eigenvalue weighted by molar-refractivity contribution is 6.38. The van der Waals surface area contributed by atoms with Crippen molar-refractivity contribution in [1.82, 2.24) is 9.88 Å². The van der Waals surface area contributed by atoms with Crippen LogP contribution in [-0.2, 0) is 11.3 Å². The molecule has 35 heavy (non-hydrogen) atoms. The Kier molecular flexibility index (Phi) is 6.72. The maximum absolute atomic E-state index is 15.6. The van der Waals surface area contributed by atoms with E-state index in [9.17, 15) is 19.1 Å². The van der Waals surface area contributed by atoms with Crippen molar-refractivity contribution < 1.29 is 23.4 Å². The minimum absolute atomic E-state index is 0.00200. The van der Waals surface area contributed by atoms with Gasteiger partial charge in [-0.2, -0.15) is 0 Å². The second kappa shape index (κ2) is 9.44. The first-order valence-corrected chi connectivity index (χ1v) is 11.4. The van der Waals surface area contributed by atoms with Crippen LogP contribution < -0.4 is 21.4 Å². The fourth-order valence-electron chi connectivity index (χ4n) is 4.31. The average Bonchev–Trinajstić information content (AvgIpc) is 2.80. The number of pyridine rings is 1. The van der Waals surface area contributed by atoms with Crippen molar-refractivity contribution in [3.63, 3.8) is 0 Å². The summed E-state index contributed by atoms with van der Waals surface area (Å²) in [6.07, 6.45) is 1.20. The zero-order valence-corrected chi connectivity index (χ0v) is 20.2. The van der Waals surface area contributed by atoms with Gasteiger partial charge in [-0.15, -0.1) is 0 Å². The number of nitrogen functional groups attached to an aromatic ring is 1. The number of benzene rings is 2. The summed E-state index contributed by atoms with van der Waals surface area (Å²) in [7, 11) is 1.80. The van der Waals surface area contributed by atoms with Gasteiger partial charge < -0.3 is 30.4 Å². The molecule has 0 unspecified atom stereocenters. The van der Waals surface area contributed by atoms with Crippen molar-refractivity contribution >= 4 is 39.8 Å². The number of hydrogen-bond acceptors (Lipinski definition) is 7. The number of aryl methyl sites for hydroxylation is 1. The molecule has 0 radical (unpaired) electrons. The van der Waals surface area contributed by atoms with Crippen molar-refractivity contribution in [3.8, 4) is 5.69 Å². The molecule has 1 aliphatic rings. The number of rotatable bonds is 6. The van der Waals surface area contributed by atoms with Crippen molar-refractivity contribution in [2.75, 3.05) is 37.4 Å². The van der Waals surface area contributed by atoms with Gasteiger partial charge in [0, 0.05) is 36.5 Å². The lowest BCUT2D eigenvalue weighted by Gasteiger charge is -2.41. The Morgan fingerprint density at radius 3 is 2.63 bits per heavy atom. The van der Waals surface area contributed by atoms with Gasteiger partial charge in [-0.25, -0.2) is 13.6 Å². The number of nitrogens with zero attached hydrogens (tertiary/aromatic N) is 2. The van der Waals surface area contributed by atoms with Crippen LogP contribution in [0.3, 0.4) is 0 Å². The summed E-state index contributed by atoms with van der Waals surface area (Å²) in [4.78, 5) is 27.8.